The minimum Gasteiger partial charge on any atom is -0.481 e. The second-order valence-corrected chi connectivity index (χ2v) is 4.78. The normalized spacial score (nSPS) is 13.0. The Balaban J connectivity index is 0.000000488. The lowest BCUT2D eigenvalue weighted by Gasteiger charge is -2.15. The molecule has 1 aromatic heterocycles. The van der Waals surface area contributed by atoms with Gasteiger partial charge in [0, 0.05) is 12.4 Å². The molecule has 0 fully saturated rings. The highest BCUT2D eigenvalue weighted by atomic mass is 19.4. The van der Waals surface area contributed by atoms with Gasteiger partial charge in [-0.3, -0.25) is 4.79 Å². The maximum absolute atomic E-state index is 12.5. The van der Waals surface area contributed by atoms with Crippen molar-refractivity contribution in [3.05, 3.63) is 59.4 Å². The Morgan fingerprint density at radius 3 is 1.62 bits per heavy atom. The van der Waals surface area contributed by atoms with Gasteiger partial charge in [0.2, 0.25) is 0 Å². The molecule has 0 aliphatic heterocycles. The lowest BCUT2D eigenvalue weighted by Crippen LogP contribution is -2.15. The zero-order valence-electron chi connectivity index (χ0n) is 12.2. The molecule has 2 N–H and O–H groups in total. The van der Waals surface area contributed by atoms with Crippen molar-refractivity contribution in [1.82, 2.24) is 4.98 Å². The lowest BCUT2D eigenvalue weighted by molar-refractivity contribution is -0.144. The Bertz CT molecular complexity index is 612. The topological polar surface area (TPSA) is 53.1 Å². The quantitative estimate of drug-likeness (QED) is 0.753. The van der Waals surface area contributed by atoms with E-state index in [-0.39, 0.29) is 6.07 Å². The number of halogens is 6. The van der Waals surface area contributed by atoms with Crippen molar-refractivity contribution in [3.63, 3.8) is 0 Å². The minimum absolute atomic E-state index is 0.0436. The van der Waals surface area contributed by atoms with Gasteiger partial charge in [-0.1, -0.05) is 0 Å². The average Bonchev–Trinajstić information content (AvgIpc) is 3.03. The number of aromatic amines is 1. The van der Waals surface area contributed by atoms with E-state index in [1.807, 2.05) is 24.5 Å². The van der Waals surface area contributed by atoms with Crippen LogP contribution in [0, 0.1) is 0 Å². The van der Waals surface area contributed by atoms with Crippen LogP contribution in [0.2, 0.25) is 0 Å². The molecular formula is C15H13F6NO2. The summed E-state index contributed by atoms with van der Waals surface area (Å²) in [6.45, 7) is 1.01. The monoisotopic (exact) mass is 353 g/mol. The van der Waals surface area contributed by atoms with Gasteiger partial charge in [0.1, 0.15) is 0 Å². The Labute approximate surface area is 132 Å². The molecule has 0 amide bonds. The molecule has 0 bridgehead atoms. The van der Waals surface area contributed by atoms with E-state index in [0.29, 0.717) is 12.1 Å². The number of carboxylic acid groups (broad SMARTS) is 1. The number of H-pyrrole nitrogens is 1. The number of hydrogen-bond donors (Lipinski definition) is 2. The summed E-state index contributed by atoms with van der Waals surface area (Å²) in [5.74, 6) is -2.98. The Morgan fingerprint density at radius 1 is 0.958 bits per heavy atom. The van der Waals surface area contributed by atoms with Crippen LogP contribution in [-0.4, -0.2) is 16.1 Å². The maximum Gasteiger partial charge on any atom is 0.416 e. The van der Waals surface area contributed by atoms with Crippen molar-refractivity contribution in [2.24, 2.45) is 0 Å². The molecule has 1 heterocycles. The molecule has 0 saturated carbocycles. The van der Waals surface area contributed by atoms with E-state index in [4.69, 9.17) is 5.11 Å². The van der Waals surface area contributed by atoms with Crippen molar-refractivity contribution in [2.75, 3.05) is 0 Å². The summed E-state index contributed by atoms with van der Waals surface area (Å²) in [6.07, 6.45) is -6.21. The molecule has 2 rings (SSSR count). The number of hydrogen-bond acceptors (Lipinski definition) is 1. The van der Waals surface area contributed by atoms with Crippen LogP contribution in [0.4, 0.5) is 26.3 Å². The van der Waals surface area contributed by atoms with Gasteiger partial charge < -0.3 is 10.1 Å². The predicted molar refractivity (Wildman–Crippen MR) is 73.3 cm³/mol. The molecule has 2 aromatic rings. The molecule has 1 unspecified atom stereocenters. The fourth-order valence-electron chi connectivity index (χ4n) is 1.65. The van der Waals surface area contributed by atoms with E-state index in [1.165, 1.54) is 0 Å². The molecule has 0 saturated heterocycles. The van der Waals surface area contributed by atoms with Crippen molar-refractivity contribution in [3.8, 4) is 0 Å². The van der Waals surface area contributed by atoms with Gasteiger partial charge in [-0.2, -0.15) is 26.3 Å². The molecule has 0 aliphatic carbocycles. The summed E-state index contributed by atoms with van der Waals surface area (Å²) < 4.78 is 74.9. The highest BCUT2D eigenvalue weighted by molar-refractivity contribution is 5.75. The first-order valence-corrected chi connectivity index (χ1v) is 6.53. The molecular weight excluding hydrogens is 340 g/mol. The summed E-state index contributed by atoms with van der Waals surface area (Å²) in [7, 11) is 0. The van der Waals surface area contributed by atoms with Gasteiger partial charge >= 0.3 is 18.3 Å². The summed E-state index contributed by atoms with van der Waals surface area (Å²) >= 11 is 0. The van der Waals surface area contributed by atoms with Gasteiger partial charge in [0.05, 0.1) is 17.0 Å². The first-order valence-electron chi connectivity index (χ1n) is 6.53. The molecule has 24 heavy (non-hydrogen) atoms. The van der Waals surface area contributed by atoms with Crippen LogP contribution in [0.1, 0.15) is 29.5 Å². The highest BCUT2D eigenvalue weighted by Gasteiger charge is 2.37. The van der Waals surface area contributed by atoms with Crippen molar-refractivity contribution >= 4 is 5.97 Å². The summed E-state index contributed by atoms with van der Waals surface area (Å²) in [4.78, 5) is 13.5. The average molecular weight is 353 g/mol. The first-order chi connectivity index (χ1) is 10.9. The number of alkyl halides is 6. The number of aromatic nitrogens is 1. The summed E-state index contributed by atoms with van der Waals surface area (Å²) in [6, 6.07) is 4.67. The number of benzene rings is 1. The fraction of sp³-hybridized carbons (Fsp3) is 0.267. The largest absolute Gasteiger partial charge is 0.481 e. The van der Waals surface area contributed by atoms with Crippen LogP contribution in [0.25, 0.3) is 0 Å². The van der Waals surface area contributed by atoms with Gasteiger partial charge in [-0.25, -0.2) is 0 Å². The minimum atomic E-state index is -4.98. The Morgan fingerprint density at radius 2 is 1.38 bits per heavy atom. The number of aliphatic carboxylic acids is 1. The molecule has 132 valence electrons. The predicted octanol–water partition coefficient (Wildman–Crippen LogP) is 4.93. The number of carbonyl (C=O) groups is 1. The SMILES string of the molecule is CC(C(=O)O)c1cc(C(F)(F)F)cc(C(F)(F)F)c1.c1cc[nH]c1. The molecule has 1 atom stereocenters. The molecule has 3 nitrogen and oxygen atoms in total. The smallest absolute Gasteiger partial charge is 0.416 e. The van der Waals surface area contributed by atoms with E-state index in [0.717, 1.165) is 6.92 Å². The van der Waals surface area contributed by atoms with E-state index in [1.54, 1.807) is 0 Å². The second-order valence-electron chi connectivity index (χ2n) is 4.78. The van der Waals surface area contributed by atoms with E-state index in [9.17, 15) is 31.1 Å². The van der Waals surface area contributed by atoms with Crippen LogP contribution in [0.3, 0.4) is 0 Å². The molecule has 0 spiro atoms. The second kappa shape index (κ2) is 7.41. The van der Waals surface area contributed by atoms with Gasteiger partial charge in [0.15, 0.2) is 0 Å². The van der Waals surface area contributed by atoms with Gasteiger partial charge in [-0.15, -0.1) is 0 Å². The van der Waals surface area contributed by atoms with Crippen LogP contribution >= 0.6 is 0 Å². The van der Waals surface area contributed by atoms with Crippen molar-refractivity contribution in [2.45, 2.75) is 25.2 Å². The number of nitrogens with one attached hydrogen (secondary N) is 1. The Kier molecular flexibility index (Phi) is 6.05. The zero-order chi connectivity index (χ0) is 18.5. The van der Waals surface area contributed by atoms with Crippen LogP contribution in [-0.2, 0) is 17.1 Å². The van der Waals surface area contributed by atoms with Gasteiger partial charge in [-0.05, 0) is 42.8 Å². The molecule has 0 radical (unpaired) electrons. The fourth-order valence-corrected chi connectivity index (χ4v) is 1.65. The zero-order valence-corrected chi connectivity index (χ0v) is 12.2. The number of carboxylic acids is 1. The summed E-state index contributed by atoms with van der Waals surface area (Å²) in [5, 5.41) is 8.66. The molecule has 0 aliphatic rings. The van der Waals surface area contributed by atoms with Crippen molar-refractivity contribution < 1.29 is 36.2 Å². The van der Waals surface area contributed by atoms with E-state index in [2.05, 4.69) is 4.98 Å². The highest BCUT2D eigenvalue weighted by Crippen LogP contribution is 2.37. The maximum atomic E-state index is 12.5. The van der Waals surface area contributed by atoms with Gasteiger partial charge in [0.25, 0.3) is 0 Å². The van der Waals surface area contributed by atoms with Crippen LogP contribution in [0.15, 0.2) is 42.7 Å². The summed E-state index contributed by atoms with van der Waals surface area (Å²) in [5.41, 5.74) is -3.59. The molecule has 9 heteroatoms. The van der Waals surface area contributed by atoms with Crippen molar-refractivity contribution in [1.29, 1.82) is 0 Å². The van der Waals surface area contributed by atoms with E-state index < -0.39 is 40.9 Å². The third-order valence-corrected chi connectivity index (χ3v) is 2.98. The standard InChI is InChI=1S/C11H8F6O2.C4H5N/c1-5(9(18)19)6-2-7(10(12,13)14)4-8(3-6)11(15,16)17;1-2-4-5-3-1/h2-5H,1H3,(H,18,19);1-5H. The Hall–Kier alpha value is -2.45. The van der Waals surface area contributed by atoms with Crippen LogP contribution < -0.4 is 0 Å². The lowest BCUT2D eigenvalue weighted by atomic mass is 9.96. The third-order valence-electron chi connectivity index (χ3n) is 2.98. The van der Waals surface area contributed by atoms with Crippen LogP contribution in [0.5, 0.6) is 0 Å². The van der Waals surface area contributed by atoms with E-state index >= 15 is 0 Å². The first kappa shape index (κ1) is 19.6. The third kappa shape index (κ3) is 5.64. The molecule has 1 aromatic carbocycles. The number of rotatable bonds is 2.